The Morgan fingerprint density at radius 2 is 2.36 bits per heavy atom. The lowest BCUT2D eigenvalue weighted by molar-refractivity contribution is 0.198. The average Bonchev–Trinajstić information content (AvgIpc) is 3.28. The zero-order valence-corrected chi connectivity index (χ0v) is 16.8. The van der Waals surface area contributed by atoms with E-state index in [1.807, 2.05) is 13.8 Å². The highest BCUT2D eigenvalue weighted by Gasteiger charge is 2.20. The Morgan fingerprint density at radius 1 is 1.54 bits per heavy atom. The predicted octanol–water partition coefficient (Wildman–Crippen LogP) is 5.02. The van der Waals surface area contributed by atoms with Crippen molar-refractivity contribution >= 4 is 39.2 Å². The van der Waals surface area contributed by atoms with Crippen LogP contribution in [0.4, 0.5) is 4.79 Å². The van der Waals surface area contributed by atoms with Gasteiger partial charge in [-0.3, -0.25) is 0 Å². The number of carbonyl (C=O) groups excluding carboxylic acids is 1. The molecule has 11 heteroatoms. The molecule has 146 valence electrons. The maximum atomic E-state index is 12.1. The number of ether oxygens (including phenoxy) is 1. The van der Waals surface area contributed by atoms with Crippen LogP contribution in [0.2, 0.25) is 5.28 Å². The fourth-order valence-corrected chi connectivity index (χ4v) is 4.09. The Balaban J connectivity index is 1.80. The van der Waals surface area contributed by atoms with Gasteiger partial charge in [0, 0.05) is 16.3 Å². The highest BCUT2D eigenvalue weighted by molar-refractivity contribution is 7.19. The molecule has 0 fully saturated rings. The predicted molar refractivity (Wildman–Crippen MR) is 106 cm³/mol. The molecule has 0 saturated carbocycles. The van der Waals surface area contributed by atoms with Crippen LogP contribution in [-0.4, -0.2) is 22.6 Å². The van der Waals surface area contributed by atoms with E-state index in [9.17, 15) is 4.79 Å². The van der Waals surface area contributed by atoms with E-state index in [4.69, 9.17) is 26.3 Å². The number of fused-ring (bicyclic) bond motifs is 1. The Morgan fingerprint density at radius 3 is 3.07 bits per heavy atom. The first-order valence-corrected chi connectivity index (χ1v) is 9.61. The van der Waals surface area contributed by atoms with Crippen LogP contribution in [0.3, 0.4) is 0 Å². The average molecular weight is 421 g/mol. The molecule has 1 N–H and O–H groups in total. The minimum Gasteiger partial charge on any atom is -0.467 e. The van der Waals surface area contributed by atoms with Crippen LogP contribution in [0.1, 0.15) is 23.1 Å². The minimum atomic E-state index is -0.670. The molecule has 1 atom stereocenters. The molecule has 9 nitrogen and oxygen atoms in total. The summed E-state index contributed by atoms with van der Waals surface area (Å²) < 4.78 is 11.2. The van der Waals surface area contributed by atoms with Gasteiger partial charge >= 0.3 is 6.09 Å². The summed E-state index contributed by atoms with van der Waals surface area (Å²) in [6.07, 6.45) is 1.56. The smallest absolute Gasteiger partial charge is 0.414 e. The van der Waals surface area contributed by atoms with Gasteiger partial charge < -0.3 is 14.5 Å². The second-order valence-corrected chi connectivity index (χ2v) is 7.61. The van der Waals surface area contributed by atoms with Gasteiger partial charge in [0.05, 0.1) is 18.3 Å². The second-order valence-electron chi connectivity index (χ2n) is 6.17. The molecule has 3 heterocycles. The van der Waals surface area contributed by atoms with Crippen molar-refractivity contribution in [2.45, 2.75) is 26.8 Å². The number of hydrogen-bond acceptors (Lipinski definition) is 7. The second kappa shape index (κ2) is 8.92. The Hall–Kier alpha value is -2.81. The molecule has 0 bridgehead atoms. The summed E-state index contributed by atoms with van der Waals surface area (Å²) in [7, 11) is 0. The van der Waals surface area contributed by atoms with Gasteiger partial charge in [0.1, 0.15) is 10.5 Å². The highest BCUT2D eigenvalue weighted by atomic mass is 35.5. The Labute approximate surface area is 169 Å². The largest absolute Gasteiger partial charge is 0.467 e. The number of azide groups is 1. The van der Waals surface area contributed by atoms with Crippen LogP contribution in [0.5, 0.6) is 5.88 Å². The zero-order valence-electron chi connectivity index (χ0n) is 15.2. The summed E-state index contributed by atoms with van der Waals surface area (Å²) in [4.78, 5) is 24.3. The van der Waals surface area contributed by atoms with Crippen LogP contribution in [-0.2, 0) is 13.0 Å². The third-order valence-electron chi connectivity index (χ3n) is 3.97. The summed E-state index contributed by atoms with van der Waals surface area (Å²) in [5, 5.41) is 6.21. The fraction of sp³-hybridized carbons (Fsp3) is 0.353. The van der Waals surface area contributed by atoms with Crippen molar-refractivity contribution in [3.8, 4) is 5.88 Å². The summed E-state index contributed by atoms with van der Waals surface area (Å²) in [5.74, 6) is 0.868. The van der Waals surface area contributed by atoms with E-state index in [2.05, 4.69) is 25.3 Å². The number of nitrogens with zero attached hydrogens (tertiary/aromatic N) is 5. The van der Waals surface area contributed by atoms with Crippen LogP contribution in [0.15, 0.2) is 27.9 Å². The maximum absolute atomic E-state index is 12.1. The number of aryl methyl sites for hydroxylation is 1. The van der Waals surface area contributed by atoms with E-state index in [1.54, 1.807) is 12.1 Å². The number of rotatable bonds is 7. The third-order valence-corrected chi connectivity index (χ3v) is 5.43. The van der Waals surface area contributed by atoms with E-state index in [-0.39, 0.29) is 23.6 Å². The van der Waals surface area contributed by atoms with Crippen molar-refractivity contribution in [1.29, 1.82) is 0 Å². The van der Waals surface area contributed by atoms with Gasteiger partial charge in [-0.05, 0) is 54.1 Å². The quantitative estimate of drug-likeness (QED) is 0.248. The van der Waals surface area contributed by atoms with Crippen LogP contribution in [0.25, 0.3) is 20.7 Å². The number of thiophene rings is 1. The number of halogens is 1. The number of furan rings is 1. The van der Waals surface area contributed by atoms with Gasteiger partial charge in [0.2, 0.25) is 11.2 Å². The van der Waals surface area contributed by atoms with Crippen LogP contribution in [0, 0.1) is 12.8 Å². The molecule has 0 aliphatic carbocycles. The molecule has 0 saturated heterocycles. The molecule has 28 heavy (non-hydrogen) atoms. The van der Waals surface area contributed by atoms with Gasteiger partial charge in [-0.2, -0.15) is 4.98 Å². The molecule has 0 aliphatic heterocycles. The molecule has 3 aromatic rings. The molecule has 1 unspecified atom stereocenters. The van der Waals surface area contributed by atoms with Gasteiger partial charge in [0.15, 0.2) is 0 Å². The van der Waals surface area contributed by atoms with Crippen molar-refractivity contribution in [3.63, 3.8) is 0 Å². The van der Waals surface area contributed by atoms with Crippen LogP contribution >= 0.6 is 22.9 Å². The lowest BCUT2D eigenvalue weighted by atomic mass is 10.1. The first-order valence-electron chi connectivity index (χ1n) is 8.42. The molecule has 0 aliphatic rings. The van der Waals surface area contributed by atoms with Crippen molar-refractivity contribution < 1.29 is 13.9 Å². The van der Waals surface area contributed by atoms with E-state index in [1.165, 1.54) is 17.6 Å². The van der Waals surface area contributed by atoms with Gasteiger partial charge in [0.25, 0.3) is 0 Å². The van der Waals surface area contributed by atoms with Crippen molar-refractivity contribution in [3.05, 3.63) is 50.3 Å². The first-order chi connectivity index (χ1) is 13.5. The molecule has 1 amide bonds. The van der Waals surface area contributed by atoms with Crippen molar-refractivity contribution in [1.82, 2.24) is 15.3 Å². The minimum absolute atomic E-state index is 0.00378. The molecule has 0 radical (unpaired) electrons. The zero-order chi connectivity index (χ0) is 20.1. The van der Waals surface area contributed by atoms with Crippen LogP contribution < -0.4 is 10.1 Å². The van der Waals surface area contributed by atoms with E-state index < -0.39 is 6.09 Å². The van der Waals surface area contributed by atoms with Gasteiger partial charge in [-0.15, -0.1) is 11.3 Å². The van der Waals surface area contributed by atoms with E-state index >= 15 is 0 Å². The lowest BCUT2D eigenvalue weighted by Crippen LogP contribution is -2.26. The van der Waals surface area contributed by atoms with Gasteiger partial charge in [-0.25, -0.2) is 9.78 Å². The Bertz CT molecular complexity index is 1030. The summed E-state index contributed by atoms with van der Waals surface area (Å²) in [6, 6.07) is 3.47. The number of carbonyl (C=O) groups is 1. The molecular weight excluding hydrogens is 404 g/mol. The summed E-state index contributed by atoms with van der Waals surface area (Å²) >= 11 is 7.46. The van der Waals surface area contributed by atoms with E-state index in [0.29, 0.717) is 28.9 Å². The lowest BCUT2D eigenvalue weighted by Gasteiger charge is -2.06. The summed E-state index contributed by atoms with van der Waals surface area (Å²) in [6.45, 7) is 4.52. The monoisotopic (exact) mass is 420 g/mol. The topological polar surface area (TPSA) is 126 Å². The fourth-order valence-electron chi connectivity index (χ4n) is 2.60. The number of aromatic nitrogens is 2. The molecular formula is C17H17ClN6O3S. The number of hydrogen-bond donors (Lipinski definition) is 1. The number of nitrogens with one attached hydrogen (secondary N) is 1. The molecule has 0 aromatic carbocycles. The molecule has 3 aromatic heterocycles. The SMILES string of the molecule is Cc1c(CC(C)CN=[N+]=[N-])sc2c(OC(=O)NCc3ccco3)nc(Cl)nc12. The van der Waals surface area contributed by atoms with Crippen molar-refractivity contribution in [2.24, 2.45) is 11.0 Å². The van der Waals surface area contributed by atoms with Gasteiger partial charge in [-0.1, -0.05) is 12.0 Å². The molecule has 0 spiro atoms. The summed E-state index contributed by atoms with van der Waals surface area (Å²) in [5.41, 5.74) is 10.1. The Kier molecular flexibility index (Phi) is 6.35. The maximum Gasteiger partial charge on any atom is 0.414 e. The normalized spacial score (nSPS) is 11.8. The highest BCUT2D eigenvalue weighted by Crippen LogP contribution is 2.37. The van der Waals surface area contributed by atoms with Crippen molar-refractivity contribution in [2.75, 3.05) is 6.54 Å². The standard InChI is InChI=1S/C17H17ClN6O3S/c1-9(7-21-24-19)6-12-10(2)13-14(28-12)15(23-16(18)22-13)27-17(25)20-8-11-4-3-5-26-11/h3-5,9H,6-8H2,1-2H3,(H,20,25). The van der Waals surface area contributed by atoms with E-state index in [0.717, 1.165) is 10.4 Å². The third kappa shape index (κ3) is 4.72. The number of amides is 1. The first kappa shape index (κ1) is 19.9. The molecule has 3 rings (SSSR count).